The Morgan fingerprint density at radius 3 is 2.52 bits per heavy atom. The Morgan fingerprint density at radius 1 is 1.10 bits per heavy atom. The van der Waals surface area contributed by atoms with Gasteiger partial charge in [0.25, 0.3) is 0 Å². The summed E-state index contributed by atoms with van der Waals surface area (Å²) in [6, 6.07) is 4.53. The number of ether oxygens (including phenoxy) is 1. The average Bonchev–Trinajstić information content (AvgIpc) is 2.45. The number of rotatable bonds is 11. The van der Waals surface area contributed by atoms with Crippen molar-refractivity contribution < 1.29 is 4.74 Å². The molecule has 1 aromatic heterocycles. The molecule has 120 valence electrons. The second-order valence-electron chi connectivity index (χ2n) is 6.05. The monoisotopic (exact) mass is 292 g/mol. The number of pyridine rings is 1. The minimum absolute atomic E-state index is 0.457. The molecular weight excluding hydrogens is 260 g/mol. The van der Waals surface area contributed by atoms with E-state index >= 15 is 0 Å². The van der Waals surface area contributed by atoms with Gasteiger partial charge in [-0.15, -0.1) is 0 Å². The lowest BCUT2D eigenvalue weighted by atomic mass is 10.1. The van der Waals surface area contributed by atoms with Crippen molar-refractivity contribution >= 4 is 0 Å². The second-order valence-corrected chi connectivity index (χ2v) is 6.05. The lowest BCUT2D eigenvalue weighted by molar-refractivity contribution is 0.298. The summed E-state index contributed by atoms with van der Waals surface area (Å²) >= 11 is 0. The summed E-state index contributed by atoms with van der Waals surface area (Å²) in [7, 11) is 0. The lowest BCUT2D eigenvalue weighted by Crippen LogP contribution is -2.23. The van der Waals surface area contributed by atoms with Crippen LogP contribution in [0.4, 0.5) is 0 Å². The van der Waals surface area contributed by atoms with E-state index in [1.54, 1.807) is 0 Å². The summed E-state index contributed by atoms with van der Waals surface area (Å²) < 4.78 is 5.93. The molecule has 0 aliphatic heterocycles. The summed E-state index contributed by atoms with van der Waals surface area (Å²) in [6.07, 6.45) is 7.73. The molecule has 1 heterocycles. The van der Waals surface area contributed by atoms with Gasteiger partial charge in [-0.1, -0.05) is 52.9 Å². The second kappa shape index (κ2) is 10.6. The van der Waals surface area contributed by atoms with Crippen LogP contribution in [0.1, 0.15) is 70.7 Å². The van der Waals surface area contributed by atoms with Gasteiger partial charge in [0, 0.05) is 18.3 Å². The first-order valence-corrected chi connectivity index (χ1v) is 8.46. The minimum atomic E-state index is 0.457. The van der Waals surface area contributed by atoms with Crippen LogP contribution in [0.2, 0.25) is 0 Å². The highest BCUT2D eigenvalue weighted by Crippen LogP contribution is 2.18. The number of aromatic nitrogens is 1. The molecule has 0 spiro atoms. The fourth-order valence-corrected chi connectivity index (χ4v) is 2.22. The molecule has 0 aliphatic carbocycles. The van der Waals surface area contributed by atoms with Gasteiger partial charge in [-0.3, -0.25) is 4.98 Å². The van der Waals surface area contributed by atoms with Gasteiger partial charge in [0.15, 0.2) is 0 Å². The van der Waals surface area contributed by atoms with Crippen LogP contribution in [0.5, 0.6) is 5.75 Å². The van der Waals surface area contributed by atoms with E-state index in [0.717, 1.165) is 36.7 Å². The molecule has 0 amide bonds. The van der Waals surface area contributed by atoms with Crippen molar-refractivity contribution in [3.63, 3.8) is 0 Å². The van der Waals surface area contributed by atoms with Gasteiger partial charge in [-0.05, 0) is 25.5 Å². The third kappa shape index (κ3) is 8.05. The quantitative estimate of drug-likeness (QED) is 0.604. The molecule has 0 saturated carbocycles. The Bertz CT molecular complexity index is 391. The van der Waals surface area contributed by atoms with E-state index in [2.05, 4.69) is 37.1 Å². The van der Waals surface area contributed by atoms with Gasteiger partial charge < -0.3 is 10.1 Å². The number of nitrogens with one attached hydrogen (secondary N) is 1. The highest BCUT2D eigenvalue weighted by molar-refractivity contribution is 5.29. The Balaban J connectivity index is 2.35. The van der Waals surface area contributed by atoms with Crippen LogP contribution < -0.4 is 10.1 Å². The van der Waals surface area contributed by atoms with Crippen LogP contribution in [0.15, 0.2) is 12.1 Å². The molecule has 0 aromatic carbocycles. The van der Waals surface area contributed by atoms with Crippen LogP contribution in [-0.2, 0) is 6.54 Å². The lowest BCUT2D eigenvalue weighted by Gasteiger charge is -2.13. The minimum Gasteiger partial charge on any atom is -0.492 e. The number of hydrogen-bond acceptors (Lipinski definition) is 3. The van der Waals surface area contributed by atoms with E-state index < -0.39 is 0 Å². The van der Waals surface area contributed by atoms with E-state index in [4.69, 9.17) is 4.74 Å². The fraction of sp³-hybridized carbons (Fsp3) is 0.722. The zero-order chi connectivity index (χ0) is 15.5. The molecule has 1 N–H and O–H groups in total. The van der Waals surface area contributed by atoms with E-state index in [0.29, 0.717) is 6.04 Å². The van der Waals surface area contributed by atoms with Crippen molar-refractivity contribution in [3.05, 3.63) is 23.5 Å². The fourth-order valence-electron chi connectivity index (χ4n) is 2.22. The maximum Gasteiger partial charge on any atom is 0.142 e. The molecular formula is C18H32N2O. The maximum atomic E-state index is 5.93. The Morgan fingerprint density at radius 2 is 1.81 bits per heavy atom. The van der Waals surface area contributed by atoms with Crippen LogP contribution in [-0.4, -0.2) is 17.6 Å². The SMILES string of the molecule is CCCCCCCCOc1ccc(C)nc1CNC(C)C. The van der Waals surface area contributed by atoms with Crippen LogP contribution in [0, 0.1) is 6.92 Å². The van der Waals surface area contributed by atoms with Crippen LogP contribution in [0.3, 0.4) is 0 Å². The molecule has 1 aromatic rings. The van der Waals surface area contributed by atoms with Crippen molar-refractivity contribution in [3.8, 4) is 5.75 Å². The zero-order valence-electron chi connectivity index (χ0n) is 14.2. The van der Waals surface area contributed by atoms with Crippen molar-refractivity contribution in [1.82, 2.24) is 10.3 Å². The number of nitrogens with zero attached hydrogens (tertiary/aromatic N) is 1. The van der Waals surface area contributed by atoms with Gasteiger partial charge in [0.2, 0.25) is 0 Å². The topological polar surface area (TPSA) is 34.1 Å². The summed E-state index contributed by atoms with van der Waals surface area (Å²) in [4.78, 5) is 4.60. The molecule has 0 unspecified atom stereocenters. The summed E-state index contributed by atoms with van der Waals surface area (Å²) in [5.41, 5.74) is 2.07. The van der Waals surface area contributed by atoms with Crippen molar-refractivity contribution in [2.45, 2.75) is 78.8 Å². The highest BCUT2D eigenvalue weighted by Gasteiger charge is 2.06. The van der Waals surface area contributed by atoms with E-state index in [1.807, 2.05) is 13.0 Å². The Kier molecular flexibility index (Phi) is 9.07. The molecule has 3 heteroatoms. The molecule has 0 bridgehead atoms. The summed E-state index contributed by atoms with van der Waals surface area (Å²) in [6.45, 7) is 10.1. The molecule has 0 atom stereocenters. The molecule has 1 rings (SSSR count). The van der Waals surface area contributed by atoms with Crippen LogP contribution >= 0.6 is 0 Å². The van der Waals surface area contributed by atoms with Crippen molar-refractivity contribution in [2.75, 3.05) is 6.61 Å². The van der Waals surface area contributed by atoms with Gasteiger partial charge in [-0.25, -0.2) is 0 Å². The first-order valence-electron chi connectivity index (χ1n) is 8.46. The highest BCUT2D eigenvalue weighted by atomic mass is 16.5. The third-order valence-electron chi connectivity index (χ3n) is 3.50. The van der Waals surface area contributed by atoms with Gasteiger partial charge in [0.1, 0.15) is 5.75 Å². The first-order chi connectivity index (χ1) is 10.1. The average molecular weight is 292 g/mol. The standard InChI is InChI=1S/C18H32N2O/c1-5-6-7-8-9-10-13-21-18-12-11-16(4)20-17(18)14-19-15(2)3/h11-12,15,19H,5-10,13-14H2,1-4H3. The number of aryl methyl sites for hydroxylation is 1. The van der Waals surface area contributed by atoms with Gasteiger partial charge >= 0.3 is 0 Å². The van der Waals surface area contributed by atoms with Gasteiger partial charge in [-0.2, -0.15) is 0 Å². The molecule has 0 saturated heterocycles. The third-order valence-corrected chi connectivity index (χ3v) is 3.50. The smallest absolute Gasteiger partial charge is 0.142 e. The van der Waals surface area contributed by atoms with E-state index in [9.17, 15) is 0 Å². The predicted octanol–water partition coefficient (Wildman–Crippen LogP) is 4.63. The van der Waals surface area contributed by atoms with E-state index in [1.165, 1.54) is 32.1 Å². The van der Waals surface area contributed by atoms with Crippen molar-refractivity contribution in [1.29, 1.82) is 0 Å². The summed E-state index contributed by atoms with van der Waals surface area (Å²) in [5, 5.41) is 3.41. The van der Waals surface area contributed by atoms with Crippen LogP contribution in [0.25, 0.3) is 0 Å². The molecule has 0 radical (unpaired) electrons. The molecule has 3 nitrogen and oxygen atoms in total. The Labute approximate surface area is 130 Å². The summed E-state index contributed by atoms with van der Waals surface area (Å²) in [5.74, 6) is 0.933. The van der Waals surface area contributed by atoms with E-state index in [-0.39, 0.29) is 0 Å². The van der Waals surface area contributed by atoms with Gasteiger partial charge in [0.05, 0.1) is 12.3 Å². The Hall–Kier alpha value is -1.09. The molecule has 0 aliphatic rings. The molecule has 0 fully saturated rings. The normalized spacial score (nSPS) is 11.1. The number of unbranched alkanes of at least 4 members (excludes halogenated alkanes) is 5. The predicted molar refractivity (Wildman–Crippen MR) is 89.8 cm³/mol. The maximum absolute atomic E-state index is 5.93. The zero-order valence-corrected chi connectivity index (χ0v) is 14.2. The van der Waals surface area contributed by atoms with Crippen molar-refractivity contribution in [2.24, 2.45) is 0 Å². The first kappa shape index (κ1) is 18.0. The largest absolute Gasteiger partial charge is 0.492 e. The molecule has 21 heavy (non-hydrogen) atoms. The number of hydrogen-bond donors (Lipinski definition) is 1.